The summed E-state index contributed by atoms with van der Waals surface area (Å²) < 4.78 is 0. The molecule has 0 saturated heterocycles. The Balaban J connectivity index is 1.56. The van der Waals surface area contributed by atoms with Crippen LogP contribution in [0.5, 0.6) is 0 Å². The summed E-state index contributed by atoms with van der Waals surface area (Å²) in [7, 11) is 0. The van der Waals surface area contributed by atoms with Crippen LogP contribution >= 0.6 is 0 Å². The molecule has 0 unspecified atom stereocenters. The van der Waals surface area contributed by atoms with Crippen LogP contribution < -0.4 is 16.8 Å². The summed E-state index contributed by atoms with van der Waals surface area (Å²) in [5.74, 6) is 0.588. The van der Waals surface area contributed by atoms with Crippen molar-refractivity contribution in [3.63, 3.8) is 0 Å². The molecule has 0 aliphatic heterocycles. The highest BCUT2D eigenvalue weighted by Crippen LogP contribution is 2.32. The fourth-order valence-electron chi connectivity index (χ4n) is 3.70. The van der Waals surface area contributed by atoms with E-state index in [2.05, 4.69) is 35.6 Å². The van der Waals surface area contributed by atoms with Gasteiger partial charge in [0.1, 0.15) is 0 Å². The Labute approximate surface area is 155 Å². The van der Waals surface area contributed by atoms with E-state index in [4.69, 9.17) is 11.5 Å². The molecule has 2 aromatic rings. The van der Waals surface area contributed by atoms with E-state index in [-0.39, 0.29) is 11.9 Å². The quantitative estimate of drug-likeness (QED) is 0.574. The molecule has 4 nitrogen and oxygen atoms in total. The molecule has 2 aromatic carbocycles. The minimum absolute atomic E-state index is 0.0193. The number of amides is 1. The average molecular weight is 349 g/mol. The Morgan fingerprint density at radius 2 is 1.62 bits per heavy atom. The van der Waals surface area contributed by atoms with Crippen molar-refractivity contribution in [2.45, 2.75) is 44.6 Å². The lowest BCUT2D eigenvalue weighted by Gasteiger charge is -2.29. The second-order valence-corrected chi connectivity index (χ2v) is 7.19. The molecule has 1 fully saturated rings. The summed E-state index contributed by atoms with van der Waals surface area (Å²) >= 11 is 0. The third-order valence-corrected chi connectivity index (χ3v) is 5.07. The Morgan fingerprint density at radius 3 is 2.23 bits per heavy atom. The van der Waals surface area contributed by atoms with Crippen LogP contribution in [0.25, 0.3) is 6.08 Å². The summed E-state index contributed by atoms with van der Waals surface area (Å²) in [6, 6.07) is 16.2. The summed E-state index contributed by atoms with van der Waals surface area (Å²) in [4.78, 5) is 12.5. The maximum atomic E-state index is 12.5. The number of carbonyl (C=O) groups is 1. The van der Waals surface area contributed by atoms with Gasteiger partial charge in [-0.2, -0.15) is 0 Å². The van der Waals surface area contributed by atoms with Crippen molar-refractivity contribution < 1.29 is 4.79 Å². The normalized spacial score (nSPS) is 20.6. The van der Waals surface area contributed by atoms with E-state index < -0.39 is 0 Å². The molecule has 5 N–H and O–H groups in total. The Hall–Kier alpha value is -2.75. The van der Waals surface area contributed by atoms with Gasteiger partial charge in [-0.25, -0.2) is 0 Å². The van der Waals surface area contributed by atoms with Gasteiger partial charge in [0.15, 0.2) is 0 Å². The predicted octanol–water partition coefficient (Wildman–Crippen LogP) is 4.10. The molecular weight excluding hydrogens is 322 g/mol. The molecule has 136 valence electrons. The maximum absolute atomic E-state index is 12.5. The fraction of sp³-hybridized carbons (Fsp3) is 0.318. The van der Waals surface area contributed by atoms with Crippen molar-refractivity contribution in [3.05, 3.63) is 65.2 Å². The van der Waals surface area contributed by atoms with Crippen molar-refractivity contribution in [2.24, 2.45) is 0 Å². The molecule has 3 rings (SSSR count). The number of carbonyl (C=O) groups excluding carboxylic acids is 1. The van der Waals surface area contributed by atoms with Crippen molar-refractivity contribution in [2.75, 3.05) is 11.5 Å². The van der Waals surface area contributed by atoms with Crippen molar-refractivity contribution in [1.29, 1.82) is 0 Å². The number of nitrogens with one attached hydrogen (secondary N) is 1. The van der Waals surface area contributed by atoms with E-state index >= 15 is 0 Å². The highest BCUT2D eigenvalue weighted by molar-refractivity contribution is 5.97. The van der Waals surface area contributed by atoms with Crippen molar-refractivity contribution in [1.82, 2.24) is 5.32 Å². The molecule has 1 aliphatic rings. The third kappa shape index (κ3) is 4.66. The largest absolute Gasteiger partial charge is 0.399 e. The highest BCUT2D eigenvalue weighted by atomic mass is 16.1. The zero-order valence-electron chi connectivity index (χ0n) is 15.2. The zero-order valence-corrected chi connectivity index (χ0v) is 15.2. The maximum Gasteiger partial charge on any atom is 0.247 e. The molecule has 4 heteroatoms. The van der Waals surface area contributed by atoms with Gasteiger partial charge < -0.3 is 16.8 Å². The SMILES string of the molecule is C/C(=C\c1cc(N)cc(N)c1)C(=O)NC1CCC(c2ccccc2)CC1. The lowest BCUT2D eigenvalue weighted by molar-refractivity contribution is -0.118. The van der Waals surface area contributed by atoms with Gasteiger partial charge >= 0.3 is 0 Å². The highest BCUT2D eigenvalue weighted by Gasteiger charge is 2.23. The molecular formula is C22H27N3O. The van der Waals surface area contributed by atoms with Crippen LogP contribution in [0.3, 0.4) is 0 Å². The van der Waals surface area contributed by atoms with E-state index in [1.54, 1.807) is 6.07 Å². The minimum Gasteiger partial charge on any atom is -0.399 e. The summed E-state index contributed by atoms with van der Waals surface area (Å²) in [6.45, 7) is 1.82. The van der Waals surface area contributed by atoms with Crippen LogP contribution in [0.15, 0.2) is 54.1 Å². The topological polar surface area (TPSA) is 81.1 Å². The van der Waals surface area contributed by atoms with Gasteiger partial charge in [0, 0.05) is 23.0 Å². The molecule has 26 heavy (non-hydrogen) atoms. The first-order valence-electron chi connectivity index (χ1n) is 9.21. The number of anilines is 2. The van der Waals surface area contributed by atoms with Crippen LogP contribution in [-0.2, 0) is 4.79 Å². The fourth-order valence-corrected chi connectivity index (χ4v) is 3.70. The molecule has 0 heterocycles. The Kier molecular flexibility index (Phi) is 5.61. The van der Waals surface area contributed by atoms with Gasteiger partial charge in [-0.05, 0) is 73.9 Å². The number of rotatable bonds is 4. The van der Waals surface area contributed by atoms with Crippen LogP contribution in [-0.4, -0.2) is 11.9 Å². The van der Waals surface area contributed by atoms with Crippen molar-refractivity contribution >= 4 is 23.4 Å². The van der Waals surface area contributed by atoms with Gasteiger partial charge in [0.05, 0.1) is 0 Å². The standard InChI is InChI=1S/C22H27N3O/c1-15(11-16-12-19(23)14-20(24)13-16)22(26)25-21-9-7-18(8-10-21)17-5-3-2-4-6-17/h2-6,11-14,18,21H,7-10,23-24H2,1H3,(H,25,26)/b15-11+. The third-order valence-electron chi connectivity index (χ3n) is 5.07. The number of hydrogen-bond acceptors (Lipinski definition) is 3. The Bertz CT molecular complexity index is 770. The molecule has 0 radical (unpaired) electrons. The molecule has 0 atom stereocenters. The van der Waals surface area contributed by atoms with Crippen LogP contribution in [0.2, 0.25) is 0 Å². The Morgan fingerprint density at radius 1 is 1.00 bits per heavy atom. The second-order valence-electron chi connectivity index (χ2n) is 7.19. The smallest absolute Gasteiger partial charge is 0.247 e. The van der Waals surface area contributed by atoms with Gasteiger partial charge in [0.2, 0.25) is 5.91 Å². The van der Waals surface area contributed by atoms with Gasteiger partial charge in [-0.1, -0.05) is 30.3 Å². The summed E-state index contributed by atoms with van der Waals surface area (Å²) in [5, 5.41) is 3.17. The summed E-state index contributed by atoms with van der Waals surface area (Å²) in [5.41, 5.74) is 15.8. The lowest BCUT2D eigenvalue weighted by atomic mass is 9.82. The predicted molar refractivity (Wildman–Crippen MR) is 108 cm³/mol. The van der Waals surface area contributed by atoms with E-state index in [1.807, 2.05) is 25.1 Å². The second kappa shape index (κ2) is 8.09. The first-order chi connectivity index (χ1) is 12.5. The first kappa shape index (κ1) is 18.1. The first-order valence-corrected chi connectivity index (χ1v) is 9.21. The van der Waals surface area contributed by atoms with Crippen LogP contribution in [0, 0.1) is 0 Å². The molecule has 0 aromatic heterocycles. The number of nitrogen functional groups attached to an aromatic ring is 2. The lowest BCUT2D eigenvalue weighted by Crippen LogP contribution is -2.37. The van der Waals surface area contributed by atoms with Crippen LogP contribution in [0.1, 0.15) is 49.7 Å². The van der Waals surface area contributed by atoms with E-state index in [1.165, 1.54) is 5.56 Å². The van der Waals surface area contributed by atoms with Crippen LogP contribution in [0.4, 0.5) is 11.4 Å². The molecule has 1 amide bonds. The van der Waals surface area contributed by atoms with Crippen molar-refractivity contribution in [3.8, 4) is 0 Å². The minimum atomic E-state index is -0.0193. The average Bonchev–Trinajstić information content (AvgIpc) is 2.62. The number of nitrogens with two attached hydrogens (primary N) is 2. The van der Waals surface area contributed by atoms with Gasteiger partial charge in [-0.3, -0.25) is 4.79 Å². The van der Waals surface area contributed by atoms with E-state index in [9.17, 15) is 4.79 Å². The molecule has 1 saturated carbocycles. The monoisotopic (exact) mass is 349 g/mol. The molecule has 0 bridgehead atoms. The zero-order chi connectivity index (χ0) is 18.5. The van der Waals surface area contributed by atoms with Gasteiger partial charge in [-0.15, -0.1) is 0 Å². The van der Waals surface area contributed by atoms with Gasteiger partial charge in [0.25, 0.3) is 0 Å². The molecule has 0 spiro atoms. The van der Waals surface area contributed by atoms with E-state index in [0.717, 1.165) is 31.2 Å². The van der Waals surface area contributed by atoms with E-state index in [0.29, 0.717) is 22.9 Å². The number of hydrogen-bond donors (Lipinski definition) is 3. The summed E-state index contributed by atoms with van der Waals surface area (Å²) in [6.07, 6.45) is 6.10. The molecule has 1 aliphatic carbocycles. The number of benzene rings is 2.